The number of aromatic amines is 2. The molecule has 2 aromatic heterocycles. The van der Waals surface area contributed by atoms with E-state index in [-0.39, 0.29) is 23.8 Å². The zero-order chi connectivity index (χ0) is 37.4. The zero-order valence-corrected chi connectivity index (χ0v) is 30.7. The molecule has 1 saturated carbocycles. The Morgan fingerprint density at radius 2 is 1.77 bits per heavy atom. The number of carbonyl (C=O) groups excluding carboxylic acids is 3. The summed E-state index contributed by atoms with van der Waals surface area (Å²) in [5.74, 6) is -0.531. The number of aromatic nitrogens is 3. The number of carbonyl (C=O) groups is 3. The molecular weight excluding hydrogens is 662 g/mol. The molecule has 13 heteroatoms. The van der Waals surface area contributed by atoms with E-state index in [0.29, 0.717) is 61.3 Å². The van der Waals surface area contributed by atoms with Gasteiger partial charge in [0.05, 0.1) is 29.2 Å². The van der Waals surface area contributed by atoms with Crippen LogP contribution in [0.4, 0.5) is 10.5 Å². The molecule has 0 spiro atoms. The molecule has 5 rings (SSSR count). The normalized spacial score (nSPS) is 16.8. The molecule has 3 amide bonds. The highest BCUT2D eigenvalue weighted by Crippen LogP contribution is 2.32. The zero-order valence-electron chi connectivity index (χ0n) is 30.7. The maximum Gasteiger partial charge on any atom is 0.407 e. The van der Waals surface area contributed by atoms with Crippen molar-refractivity contribution in [1.29, 1.82) is 0 Å². The number of benzene rings is 2. The van der Waals surface area contributed by atoms with E-state index in [1.165, 1.54) is 4.90 Å². The number of fused-ring (bicyclic) bond motifs is 1. The fraction of sp³-hybridized carbons (Fsp3) is 0.462. The summed E-state index contributed by atoms with van der Waals surface area (Å²) in [6, 6.07) is 15.3. The molecule has 13 nitrogen and oxygen atoms in total. The van der Waals surface area contributed by atoms with Gasteiger partial charge in [0.1, 0.15) is 5.60 Å². The van der Waals surface area contributed by atoms with Crippen LogP contribution in [0.5, 0.6) is 5.88 Å². The first kappa shape index (κ1) is 38.2. The Labute approximate surface area is 304 Å². The summed E-state index contributed by atoms with van der Waals surface area (Å²) >= 11 is 0. The smallest absolute Gasteiger partial charge is 0.407 e. The highest BCUT2D eigenvalue weighted by Gasteiger charge is 2.35. The molecule has 4 aromatic rings. The van der Waals surface area contributed by atoms with Crippen molar-refractivity contribution in [3.8, 4) is 17.0 Å². The standard InChI is InChI=1S/C39H51N7O6/c1-39(2,3)52-38(50)42-23-25-10-12-27(13-11-25)36(48)46(30-15-16-31-33(22-30)43-44-35(31)47)37(49)32(40)21-26-8-6-9-28(20-26)29-14-17-34(41-24-29)51-19-7-18-45(4)5/h6,8-9,14-17,20,22,24-25,27,32H,7,10-13,18-19,21,23,40H2,1-5H3,(H,42,50)(H2,43,44,47)/t25?,27?,32-/m0/s1. The molecule has 52 heavy (non-hydrogen) atoms. The molecule has 1 atom stereocenters. The van der Waals surface area contributed by atoms with Crippen molar-refractivity contribution in [3.05, 3.63) is 76.7 Å². The highest BCUT2D eigenvalue weighted by atomic mass is 16.6. The Kier molecular flexibility index (Phi) is 12.5. The van der Waals surface area contributed by atoms with Crippen molar-refractivity contribution in [2.45, 2.75) is 70.9 Å². The van der Waals surface area contributed by atoms with Crippen LogP contribution in [0.1, 0.15) is 58.4 Å². The second-order valence-electron chi connectivity index (χ2n) is 14.8. The quantitative estimate of drug-likeness (QED) is 0.139. The van der Waals surface area contributed by atoms with Gasteiger partial charge in [-0.05, 0) is 115 Å². The Bertz CT molecular complexity index is 1890. The lowest BCUT2D eigenvalue weighted by atomic mass is 9.81. The monoisotopic (exact) mass is 713 g/mol. The van der Waals surface area contributed by atoms with Gasteiger partial charge in [0.25, 0.3) is 11.5 Å². The van der Waals surface area contributed by atoms with E-state index in [4.69, 9.17) is 15.2 Å². The van der Waals surface area contributed by atoms with E-state index in [1.807, 2.05) is 71.3 Å². The van der Waals surface area contributed by atoms with Crippen LogP contribution in [0, 0.1) is 11.8 Å². The van der Waals surface area contributed by atoms with E-state index in [2.05, 4.69) is 25.4 Å². The average Bonchev–Trinajstić information content (AvgIpc) is 3.48. The molecule has 0 radical (unpaired) electrons. The van der Waals surface area contributed by atoms with E-state index < -0.39 is 29.6 Å². The Hall–Kier alpha value is -5.01. The number of nitrogens with two attached hydrogens (primary N) is 1. The van der Waals surface area contributed by atoms with Crippen molar-refractivity contribution in [2.24, 2.45) is 17.6 Å². The average molecular weight is 714 g/mol. The second-order valence-corrected chi connectivity index (χ2v) is 14.8. The maximum atomic E-state index is 14.2. The number of H-pyrrole nitrogens is 2. The predicted octanol–water partition coefficient (Wildman–Crippen LogP) is 5.01. The Balaban J connectivity index is 1.27. The number of hydrogen-bond acceptors (Lipinski definition) is 9. The van der Waals surface area contributed by atoms with Crippen molar-refractivity contribution in [3.63, 3.8) is 0 Å². The van der Waals surface area contributed by atoms with Crippen LogP contribution in [-0.2, 0) is 20.7 Å². The lowest BCUT2D eigenvalue weighted by Gasteiger charge is -2.32. The third-order valence-corrected chi connectivity index (χ3v) is 9.16. The van der Waals surface area contributed by atoms with Crippen LogP contribution in [0.3, 0.4) is 0 Å². The topological polar surface area (TPSA) is 176 Å². The number of imide groups is 1. The summed E-state index contributed by atoms with van der Waals surface area (Å²) in [5.41, 5.74) is 9.17. The van der Waals surface area contributed by atoms with Crippen molar-refractivity contribution in [1.82, 2.24) is 25.4 Å². The second kappa shape index (κ2) is 17.0. The van der Waals surface area contributed by atoms with Crippen molar-refractivity contribution in [2.75, 3.05) is 38.7 Å². The summed E-state index contributed by atoms with van der Waals surface area (Å²) in [7, 11) is 4.05. The molecule has 0 bridgehead atoms. The number of nitrogens with one attached hydrogen (secondary N) is 3. The van der Waals surface area contributed by atoms with E-state index >= 15 is 0 Å². The van der Waals surface area contributed by atoms with Gasteiger partial charge in [-0.3, -0.25) is 24.6 Å². The third kappa shape index (κ3) is 10.3. The molecule has 5 N–H and O–H groups in total. The van der Waals surface area contributed by atoms with Gasteiger partial charge in [0.2, 0.25) is 11.8 Å². The fourth-order valence-corrected chi connectivity index (χ4v) is 6.44. The number of hydrogen-bond donors (Lipinski definition) is 4. The Morgan fingerprint density at radius 1 is 1.00 bits per heavy atom. The largest absolute Gasteiger partial charge is 0.478 e. The summed E-state index contributed by atoms with van der Waals surface area (Å²) in [5, 5.41) is 8.62. The van der Waals surface area contributed by atoms with Crippen LogP contribution in [0.15, 0.2) is 65.6 Å². The SMILES string of the molecule is CN(C)CCCOc1ccc(-c2cccc(C[C@H](N)C(=O)N(C(=O)C3CCC(CNC(=O)OC(C)(C)C)CC3)c3ccc4c(=O)[nH][nH]c4c3)c2)cn1. The molecule has 278 valence electrons. The molecule has 1 aliphatic rings. The van der Waals surface area contributed by atoms with Gasteiger partial charge in [-0.15, -0.1) is 0 Å². The number of anilines is 1. The molecule has 1 fully saturated rings. The molecular formula is C39H51N7O6. The first-order valence-corrected chi connectivity index (χ1v) is 17.9. The van der Waals surface area contributed by atoms with Gasteiger partial charge < -0.3 is 25.4 Å². The minimum atomic E-state index is -1.02. The summed E-state index contributed by atoms with van der Waals surface area (Å²) in [6.45, 7) is 7.40. The number of amides is 3. The van der Waals surface area contributed by atoms with Crippen molar-refractivity contribution < 1.29 is 23.9 Å². The van der Waals surface area contributed by atoms with E-state index in [0.717, 1.165) is 29.7 Å². The minimum Gasteiger partial charge on any atom is -0.478 e. The summed E-state index contributed by atoms with van der Waals surface area (Å²) in [4.78, 5) is 60.5. The van der Waals surface area contributed by atoms with Crippen LogP contribution >= 0.6 is 0 Å². The first-order chi connectivity index (χ1) is 24.8. The molecule has 0 unspecified atom stereocenters. The van der Waals surface area contributed by atoms with Gasteiger partial charge >= 0.3 is 6.09 Å². The van der Waals surface area contributed by atoms with E-state index in [1.54, 1.807) is 24.4 Å². The summed E-state index contributed by atoms with van der Waals surface area (Å²) in [6.07, 6.45) is 4.91. The lowest BCUT2D eigenvalue weighted by molar-refractivity contribution is -0.130. The lowest BCUT2D eigenvalue weighted by Crippen LogP contribution is -2.50. The molecule has 1 aliphatic carbocycles. The van der Waals surface area contributed by atoms with Gasteiger partial charge in [0, 0.05) is 36.8 Å². The Morgan fingerprint density at radius 3 is 2.46 bits per heavy atom. The molecule has 0 aliphatic heterocycles. The highest BCUT2D eigenvalue weighted by molar-refractivity contribution is 6.17. The van der Waals surface area contributed by atoms with Gasteiger partial charge in [-0.2, -0.15) is 0 Å². The van der Waals surface area contributed by atoms with Gasteiger partial charge in [0.15, 0.2) is 0 Å². The number of alkyl carbamates (subject to hydrolysis) is 1. The molecule has 2 heterocycles. The number of rotatable bonds is 13. The van der Waals surface area contributed by atoms with Crippen LogP contribution in [0.25, 0.3) is 22.0 Å². The third-order valence-electron chi connectivity index (χ3n) is 9.16. The van der Waals surface area contributed by atoms with Crippen LogP contribution < -0.4 is 26.2 Å². The van der Waals surface area contributed by atoms with Crippen LogP contribution in [0.2, 0.25) is 0 Å². The minimum absolute atomic E-state index is 0.184. The number of ether oxygens (including phenoxy) is 2. The fourth-order valence-electron chi connectivity index (χ4n) is 6.44. The number of nitrogens with zero attached hydrogens (tertiary/aromatic N) is 3. The van der Waals surface area contributed by atoms with Gasteiger partial charge in [-0.25, -0.2) is 14.7 Å². The van der Waals surface area contributed by atoms with Crippen LogP contribution in [-0.4, -0.2) is 83.4 Å². The van der Waals surface area contributed by atoms with Gasteiger partial charge in [-0.1, -0.05) is 24.3 Å². The van der Waals surface area contributed by atoms with Crippen molar-refractivity contribution >= 4 is 34.5 Å². The molecule has 2 aromatic carbocycles. The predicted molar refractivity (Wildman–Crippen MR) is 201 cm³/mol. The van der Waals surface area contributed by atoms with E-state index in [9.17, 15) is 19.2 Å². The number of pyridine rings is 1. The molecule has 0 saturated heterocycles. The summed E-state index contributed by atoms with van der Waals surface area (Å²) < 4.78 is 11.1. The maximum absolute atomic E-state index is 14.2. The first-order valence-electron chi connectivity index (χ1n) is 17.9.